The average molecular weight is 293 g/mol. The van der Waals surface area contributed by atoms with Crippen LogP contribution in [0.25, 0.3) is 0 Å². The molecule has 120 valence electrons. The summed E-state index contributed by atoms with van der Waals surface area (Å²) in [4.78, 5) is 5.06. The third-order valence-corrected chi connectivity index (χ3v) is 4.39. The molecule has 1 fully saturated rings. The summed E-state index contributed by atoms with van der Waals surface area (Å²) in [7, 11) is 2.06. The van der Waals surface area contributed by atoms with Crippen molar-refractivity contribution in [1.29, 1.82) is 0 Å². The van der Waals surface area contributed by atoms with Crippen LogP contribution in [0.3, 0.4) is 0 Å². The smallest absolute Gasteiger partial charge is 0.131 e. The van der Waals surface area contributed by atoms with Crippen LogP contribution in [0.5, 0.6) is 0 Å². The van der Waals surface area contributed by atoms with Gasteiger partial charge in [0.2, 0.25) is 0 Å². The Morgan fingerprint density at radius 2 is 1.76 bits per heavy atom. The molecule has 0 aromatic carbocycles. The number of rotatable bonds is 4. The van der Waals surface area contributed by atoms with Crippen molar-refractivity contribution in [1.82, 2.24) is 20.0 Å². The summed E-state index contributed by atoms with van der Waals surface area (Å²) in [6, 6.07) is 0. The summed E-state index contributed by atoms with van der Waals surface area (Å²) in [5.74, 6) is 1.29. The lowest BCUT2D eigenvalue weighted by Gasteiger charge is -2.43. The molecule has 0 saturated carbocycles. The van der Waals surface area contributed by atoms with E-state index in [9.17, 15) is 0 Å². The number of hydrogen-bond acceptors (Lipinski definition) is 4. The van der Waals surface area contributed by atoms with Crippen molar-refractivity contribution in [2.24, 2.45) is 7.05 Å². The van der Waals surface area contributed by atoms with Crippen LogP contribution in [-0.2, 0) is 13.6 Å². The quantitative estimate of drug-likeness (QED) is 0.918. The molecule has 0 aliphatic carbocycles. The number of aromatic nitrogens is 2. The topological polar surface area (TPSA) is 36.3 Å². The predicted molar refractivity (Wildman–Crippen MR) is 88.9 cm³/mol. The highest BCUT2D eigenvalue weighted by Crippen LogP contribution is 2.26. The van der Waals surface area contributed by atoms with E-state index in [-0.39, 0.29) is 5.54 Å². The molecule has 21 heavy (non-hydrogen) atoms. The highest BCUT2D eigenvalue weighted by molar-refractivity contribution is 5.50. The molecule has 2 rings (SSSR count). The molecule has 1 aromatic rings. The van der Waals surface area contributed by atoms with E-state index < -0.39 is 0 Å². The van der Waals surface area contributed by atoms with Gasteiger partial charge in [0.05, 0.1) is 5.69 Å². The second-order valence-corrected chi connectivity index (χ2v) is 6.94. The lowest BCUT2D eigenvalue weighted by Crippen LogP contribution is -2.54. The second-order valence-electron chi connectivity index (χ2n) is 6.94. The van der Waals surface area contributed by atoms with Gasteiger partial charge in [-0.05, 0) is 34.2 Å². The van der Waals surface area contributed by atoms with Gasteiger partial charge in [-0.2, -0.15) is 5.10 Å². The van der Waals surface area contributed by atoms with Gasteiger partial charge in [0.15, 0.2) is 0 Å². The number of hydrogen-bond donors (Lipinski definition) is 1. The number of anilines is 1. The average Bonchev–Trinajstić information content (AvgIpc) is 2.70. The van der Waals surface area contributed by atoms with Crippen LogP contribution in [0.15, 0.2) is 0 Å². The summed E-state index contributed by atoms with van der Waals surface area (Å²) >= 11 is 0. The van der Waals surface area contributed by atoms with Crippen molar-refractivity contribution in [2.75, 3.05) is 37.6 Å². The molecule has 0 amide bonds. The van der Waals surface area contributed by atoms with Crippen molar-refractivity contribution < 1.29 is 0 Å². The van der Waals surface area contributed by atoms with Crippen molar-refractivity contribution in [3.8, 4) is 0 Å². The molecule has 2 heterocycles. The molecule has 0 unspecified atom stereocenters. The minimum absolute atomic E-state index is 0.265. The van der Waals surface area contributed by atoms with Crippen LogP contribution in [0.1, 0.15) is 39.0 Å². The van der Waals surface area contributed by atoms with E-state index in [4.69, 9.17) is 0 Å². The Kier molecular flexibility index (Phi) is 4.94. The molecule has 0 radical (unpaired) electrons. The summed E-state index contributed by atoms with van der Waals surface area (Å²) < 4.78 is 2.05. The molecule has 5 heteroatoms. The zero-order chi connectivity index (χ0) is 15.6. The largest absolute Gasteiger partial charge is 0.354 e. The number of nitrogens with one attached hydrogen (secondary N) is 1. The Balaban J connectivity index is 2.13. The van der Waals surface area contributed by atoms with E-state index in [0.29, 0.717) is 0 Å². The maximum Gasteiger partial charge on any atom is 0.131 e. The zero-order valence-corrected chi connectivity index (χ0v) is 14.5. The maximum atomic E-state index is 4.63. The molecule has 1 N–H and O–H groups in total. The molecule has 0 atom stereocenters. The minimum Gasteiger partial charge on any atom is -0.354 e. The fourth-order valence-electron chi connectivity index (χ4n) is 3.13. The zero-order valence-electron chi connectivity index (χ0n) is 14.5. The first kappa shape index (κ1) is 16.3. The van der Waals surface area contributed by atoms with Gasteiger partial charge in [0, 0.05) is 50.9 Å². The van der Waals surface area contributed by atoms with E-state index in [1.807, 2.05) is 0 Å². The predicted octanol–water partition coefficient (Wildman–Crippen LogP) is 1.76. The van der Waals surface area contributed by atoms with Gasteiger partial charge in [0.1, 0.15) is 5.82 Å². The summed E-state index contributed by atoms with van der Waals surface area (Å²) in [5, 5.41) is 8.07. The fraction of sp³-hybridized carbons (Fsp3) is 0.812. The van der Waals surface area contributed by atoms with Gasteiger partial charge in [-0.3, -0.25) is 9.58 Å². The van der Waals surface area contributed by atoms with Crippen LogP contribution in [0.2, 0.25) is 0 Å². The lowest BCUT2D eigenvalue weighted by molar-refractivity contribution is 0.128. The first-order valence-corrected chi connectivity index (χ1v) is 8.07. The minimum atomic E-state index is 0.265. The molecule has 0 spiro atoms. The molecule has 0 bridgehead atoms. The van der Waals surface area contributed by atoms with Gasteiger partial charge in [-0.1, -0.05) is 6.92 Å². The van der Waals surface area contributed by atoms with Crippen LogP contribution in [-0.4, -0.2) is 52.9 Å². The number of piperazine rings is 1. The third kappa shape index (κ3) is 3.58. The van der Waals surface area contributed by atoms with Gasteiger partial charge in [-0.15, -0.1) is 0 Å². The second kappa shape index (κ2) is 6.36. The highest BCUT2D eigenvalue weighted by atomic mass is 15.4. The Morgan fingerprint density at radius 3 is 2.29 bits per heavy atom. The molecular formula is C16H31N5. The first-order valence-electron chi connectivity index (χ1n) is 8.07. The van der Waals surface area contributed by atoms with Crippen molar-refractivity contribution >= 4 is 5.82 Å². The first-order chi connectivity index (χ1) is 9.84. The van der Waals surface area contributed by atoms with E-state index in [0.717, 1.165) is 45.0 Å². The molecule has 1 aliphatic rings. The van der Waals surface area contributed by atoms with E-state index >= 15 is 0 Å². The van der Waals surface area contributed by atoms with Gasteiger partial charge < -0.3 is 10.2 Å². The van der Waals surface area contributed by atoms with Gasteiger partial charge >= 0.3 is 0 Å². The number of nitrogens with zero attached hydrogens (tertiary/aromatic N) is 4. The van der Waals surface area contributed by atoms with Crippen molar-refractivity contribution in [2.45, 2.75) is 46.7 Å². The van der Waals surface area contributed by atoms with Crippen molar-refractivity contribution in [3.63, 3.8) is 0 Å². The fourth-order valence-corrected chi connectivity index (χ4v) is 3.13. The van der Waals surface area contributed by atoms with Crippen molar-refractivity contribution in [3.05, 3.63) is 11.3 Å². The Labute approximate surface area is 129 Å². The standard InChI is InChI=1S/C16H31N5/c1-7-17-12-14-13(2)18-19(6)15(14)20-8-10-21(11-9-20)16(3,4)5/h17H,7-12H2,1-6H3. The summed E-state index contributed by atoms with van der Waals surface area (Å²) in [6.45, 7) is 17.5. The Bertz CT molecular complexity index is 464. The van der Waals surface area contributed by atoms with Crippen LogP contribution < -0.4 is 10.2 Å². The summed E-state index contributed by atoms with van der Waals surface area (Å²) in [5.41, 5.74) is 2.76. The van der Waals surface area contributed by atoms with Crippen LogP contribution >= 0.6 is 0 Å². The van der Waals surface area contributed by atoms with Crippen LogP contribution in [0.4, 0.5) is 5.82 Å². The van der Waals surface area contributed by atoms with Gasteiger partial charge in [-0.25, -0.2) is 0 Å². The Hall–Kier alpha value is -1.07. The number of aryl methyl sites for hydroxylation is 2. The van der Waals surface area contributed by atoms with E-state index in [2.05, 4.69) is 66.6 Å². The van der Waals surface area contributed by atoms with Crippen LogP contribution in [0, 0.1) is 6.92 Å². The molecule has 5 nitrogen and oxygen atoms in total. The van der Waals surface area contributed by atoms with Gasteiger partial charge in [0.25, 0.3) is 0 Å². The Morgan fingerprint density at radius 1 is 1.14 bits per heavy atom. The normalized spacial score (nSPS) is 17.5. The molecule has 1 saturated heterocycles. The molecular weight excluding hydrogens is 262 g/mol. The SMILES string of the molecule is CCNCc1c(C)nn(C)c1N1CCN(C(C)(C)C)CC1. The molecule has 1 aliphatic heterocycles. The third-order valence-electron chi connectivity index (χ3n) is 4.39. The molecule has 1 aromatic heterocycles. The van der Waals surface area contributed by atoms with E-state index in [1.54, 1.807) is 0 Å². The van der Waals surface area contributed by atoms with E-state index in [1.165, 1.54) is 11.4 Å². The highest BCUT2D eigenvalue weighted by Gasteiger charge is 2.28. The summed E-state index contributed by atoms with van der Waals surface area (Å²) in [6.07, 6.45) is 0. The monoisotopic (exact) mass is 293 g/mol. The lowest BCUT2D eigenvalue weighted by atomic mass is 10.0. The maximum absolute atomic E-state index is 4.63.